The fraction of sp³-hybridized carbons (Fsp3) is 0.261. The van der Waals surface area contributed by atoms with Gasteiger partial charge in [0.2, 0.25) is 10.6 Å². The highest BCUT2D eigenvalue weighted by Gasteiger charge is 2.10. The standard InChI is InChI=1S/C12H9ClN4.C11H15ClN2O/c1-8-6-15-12(13)16-11(8)9-7-14-10-4-2-3-5-17(9)10;1-3-4-6-15-7-5-10-9(2)8-13-11(12)14-10/h2-7H,1H3;5,7-8H,3-4,6H2,1-2H3/b;7-5+. The fourth-order valence-corrected chi connectivity index (χ4v) is 3.07. The summed E-state index contributed by atoms with van der Waals surface area (Å²) in [5.41, 5.74) is 5.36. The smallest absolute Gasteiger partial charge is 0.222 e. The molecule has 0 fully saturated rings. The molecule has 0 spiro atoms. The van der Waals surface area contributed by atoms with Crippen molar-refractivity contribution in [1.82, 2.24) is 29.3 Å². The Bertz CT molecular complexity index is 1210. The summed E-state index contributed by atoms with van der Waals surface area (Å²) in [7, 11) is 0. The van der Waals surface area contributed by atoms with Crippen LogP contribution in [-0.2, 0) is 4.74 Å². The molecule has 0 amide bonds. The molecular formula is C23H24Cl2N6O. The minimum absolute atomic E-state index is 0.247. The summed E-state index contributed by atoms with van der Waals surface area (Å²) < 4.78 is 7.27. The molecule has 0 aliphatic rings. The number of halogens is 2. The SMILES string of the molecule is CCCCO/C=C/c1nc(Cl)ncc1C.Cc1cnc(Cl)nc1-c1cnc2ccccn12. The Morgan fingerprint density at radius 3 is 2.50 bits per heavy atom. The van der Waals surface area contributed by atoms with Gasteiger partial charge in [0.05, 0.1) is 36.1 Å². The molecule has 4 rings (SSSR count). The molecule has 4 heterocycles. The van der Waals surface area contributed by atoms with Crippen LogP contribution in [0.1, 0.15) is 36.6 Å². The first-order chi connectivity index (χ1) is 15.5. The minimum Gasteiger partial charge on any atom is -0.501 e. The number of pyridine rings is 1. The van der Waals surface area contributed by atoms with Gasteiger partial charge < -0.3 is 4.74 Å². The highest BCUT2D eigenvalue weighted by molar-refractivity contribution is 6.28. The Morgan fingerprint density at radius 2 is 1.72 bits per heavy atom. The number of rotatable bonds is 6. The number of nitrogens with zero attached hydrogens (tertiary/aromatic N) is 6. The van der Waals surface area contributed by atoms with Crippen molar-refractivity contribution in [3.05, 3.63) is 76.6 Å². The van der Waals surface area contributed by atoms with E-state index in [2.05, 4.69) is 31.8 Å². The summed E-state index contributed by atoms with van der Waals surface area (Å²) in [5, 5.41) is 0.505. The Labute approximate surface area is 197 Å². The number of unbranched alkanes of at least 4 members (excludes halogenated alkanes) is 1. The van der Waals surface area contributed by atoms with E-state index in [-0.39, 0.29) is 10.6 Å². The van der Waals surface area contributed by atoms with Crippen LogP contribution in [-0.4, -0.2) is 35.9 Å². The van der Waals surface area contributed by atoms with Crippen LogP contribution in [0.2, 0.25) is 10.6 Å². The first-order valence-corrected chi connectivity index (χ1v) is 10.9. The third-order valence-electron chi connectivity index (χ3n) is 4.52. The van der Waals surface area contributed by atoms with Crippen molar-refractivity contribution in [3.63, 3.8) is 0 Å². The van der Waals surface area contributed by atoms with Crippen molar-refractivity contribution in [2.24, 2.45) is 0 Å². The van der Waals surface area contributed by atoms with Crippen LogP contribution in [0, 0.1) is 13.8 Å². The second-order valence-corrected chi connectivity index (χ2v) is 7.65. The zero-order valence-corrected chi connectivity index (χ0v) is 19.7. The molecule has 9 heteroatoms. The summed E-state index contributed by atoms with van der Waals surface area (Å²) in [6, 6.07) is 5.85. The van der Waals surface area contributed by atoms with Crippen LogP contribution in [0.4, 0.5) is 0 Å². The highest BCUT2D eigenvalue weighted by atomic mass is 35.5. The van der Waals surface area contributed by atoms with Gasteiger partial charge in [-0.25, -0.2) is 24.9 Å². The Morgan fingerprint density at radius 1 is 0.969 bits per heavy atom. The molecule has 0 aliphatic heterocycles. The first kappa shape index (κ1) is 23.6. The largest absolute Gasteiger partial charge is 0.501 e. The van der Waals surface area contributed by atoms with Crippen LogP contribution in [0.25, 0.3) is 23.1 Å². The Hall–Kier alpha value is -3.03. The average molecular weight is 471 g/mol. The molecule has 0 aromatic carbocycles. The summed E-state index contributed by atoms with van der Waals surface area (Å²) >= 11 is 11.5. The number of hydrogen-bond donors (Lipinski definition) is 0. The summed E-state index contributed by atoms with van der Waals surface area (Å²) in [6.07, 6.45) is 12.8. The van der Waals surface area contributed by atoms with Crippen molar-refractivity contribution in [3.8, 4) is 11.4 Å². The number of aromatic nitrogens is 6. The van der Waals surface area contributed by atoms with E-state index in [1.165, 1.54) is 0 Å². The molecule has 0 aliphatic carbocycles. The van der Waals surface area contributed by atoms with E-state index in [1.807, 2.05) is 42.6 Å². The van der Waals surface area contributed by atoms with Gasteiger partial charge >= 0.3 is 0 Å². The molecule has 0 unspecified atom stereocenters. The summed E-state index contributed by atoms with van der Waals surface area (Å²) in [5.74, 6) is 0. The Balaban J connectivity index is 0.000000183. The van der Waals surface area contributed by atoms with Gasteiger partial charge in [0, 0.05) is 18.6 Å². The molecule has 0 radical (unpaired) electrons. The van der Waals surface area contributed by atoms with Gasteiger partial charge in [-0.15, -0.1) is 0 Å². The summed E-state index contributed by atoms with van der Waals surface area (Å²) in [4.78, 5) is 20.5. The average Bonchev–Trinajstić information content (AvgIpc) is 3.22. The first-order valence-electron chi connectivity index (χ1n) is 10.2. The topological polar surface area (TPSA) is 78.1 Å². The van der Waals surface area contributed by atoms with Crippen molar-refractivity contribution >= 4 is 34.9 Å². The van der Waals surface area contributed by atoms with Crippen LogP contribution in [0.3, 0.4) is 0 Å². The molecule has 0 atom stereocenters. The molecule has 4 aromatic rings. The number of ether oxygens (including phenoxy) is 1. The van der Waals surface area contributed by atoms with Crippen LogP contribution in [0.5, 0.6) is 0 Å². The lowest BCUT2D eigenvalue weighted by molar-refractivity contribution is 0.246. The number of aryl methyl sites for hydroxylation is 2. The lowest BCUT2D eigenvalue weighted by Gasteiger charge is -2.04. The van der Waals surface area contributed by atoms with E-state index in [4.69, 9.17) is 27.9 Å². The normalized spacial score (nSPS) is 10.9. The Kier molecular flexibility index (Phi) is 8.53. The van der Waals surface area contributed by atoms with Gasteiger partial charge in [0.15, 0.2) is 0 Å². The van der Waals surface area contributed by atoms with Crippen LogP contribution >= 0.6 is 23.2 Å². The van der Waals surface area contributed by atoms with Crippen molar-refractivity contribution < 1.29 is 4.74 Å². The molecule has 7 nitrogen and oxygen atoms in total. The molecule has 0 N–H and O–H groups in total. The fourth-order valence-electron chi connectivity index (χ4n) is 2.80. The summed E-state index contributed by atoms with van der Waals surface area (Å²) in [6.45, 7) is 6.75. The molecule has 32 heavy (non-hydrogen) atoms. The molecule has 0 bridgehead atoms. The lowest BCUT2D eigenvalue weighted by Crippen LogP contribution is -1.94. The monoisotopic (exact) mass is 470 g/mol. The molecule has 166 valence electrons. The second-order valence-electron chi connectivity index (χ2n) is 6.98. The second kappa shape index (κ2) is 11.5. The number of imidazole rings is 1. The van der Waals surface area contributed by atoms with Crippen molar-refractivity contribution in [2.75, 3.05) is 6.61 Å². The predicted molar refractivity (Wildman–Crippen MR) is 128 cm³/mol. The third-order valence-corrected chi connectivity index (χ3v) is 4.89. The van der Waals surface area contributed by atoms with Gasteiger partial charge in [-0.1, -0.05) is 19.4 Å². The van der Waals surface area contributed by atoms with Crippen LogP contribution in [0.15, 0.2) is 49.2 Å². The maximum Gasteiger partial charge on any atom is 0.222 e. The highest BCUT2D eigenvalue weighted by Crippen LogP contribution is 2.22. The maximum atomic E-state index is 5.83. The van der Waals surface area contributed by atoms with E-state index in [1.54, 1.807) is 30.9 Å². The third kappa shape index (κ3) is 6.24. The van der Waals surface area contributed by atoms with E-state index >= 15 is 0 Å². The van der Waals surface area contributed by atoms with E-state index in [9.17, 15) is 0 Å². The zero-order chi connectivity index (χ0) is 22.9. The predicted octanol–water partition coefficient (Wildman–Crippen LogP) is 5.98. The van der Waals surface area contributed by atoms with E-state index in [0.29, 0.717) is 0 Å². The lowest BCUT2D eigenvalue weighted by atomic mass is 10.2. The van der Waals surface area contributed by atoms with E-state index in [0.717, 1.165) is 53.3 Å². The van der Waals surface area contributed by atoms with Gasteiger partial charge in [0.25, 0.3) is 0 Å². The quantitative estimate of drug-likeness (QED) is 0.196. The molecule has 4 aromatic heterocycles. The minimum atomic E-state index is 0.247. The maximum absolute atomic E-state index is 5.83. The van der Waals surface area contributed by atoms with Gasteiger partial charge in [-0.3, -0.25) is 4.40 Å². The van der Waals surface area contributed by atoms with E-state index < -0.39 is 0 Å². The molecule has 0 saturated heterocycles. The van der Waals surface area contributed by atoms with Gasteiger partial charge in [-0.2, -0.15) is 0 Å². The van der Waals surface area contributed by atoms with Gasteiger partial charge in [0.1, 0.15) is 5.65 Å². The van der Waals surface area contributed by atoms with Gasteiger partial charge in [-0.05, 0) is 72.8 Å². The van der Waals surface area contributed by atoms with Crippen LogP contribution < -0.4 is 0 Å². The van der Waals surface area contributed by atoms with Crippen molar-refractivity contribution in [1.29, 1.82) is 0 Å². The number of hydrogen-bond acceptors (Lipinski definition) is 6. The molecule has 0 saturated carbocycles. The molecular weight excluding hydrogens is 447 g/mol. The zero-order valence-electron chi connectivity index (χ0n) is 18.2. The number of fused-ring (bicyclic) bond motifs is 1. The van der Waals surface area contributed by atoms with Crippen molar-refractivity contribution in [2.45, 2.75) is 33.6 Å².